The van der Waals surface area contributed by atoms with E-state index in [0.29, 0.717) is 22.9 Å². The Morgan fingerprint density at radius 1 is 1.19 bits per heavy atom. The molecule has 7 nitrogen and oxygen atoms in total. The number of anilines is 2. The van der Waals surface area contributed by atoms with Gasteiger partial charge in [-0.05, 0) is 31.0 Å². The summed E-state index contributed by atoms with van der Waals surface area (Å²) in [4.78, 5) is 24.3. The first-order valence-corrected chi connectivity index (χ1v) is 8.55. The molecule has 0 saturated carbocycles. The van der Waals surface area contributed by atoms with E-state index in [1.807, 2.05) is 24.3 Å². The zero-order valence-electron chi connectivity index (χ0n) is 14.4. The second kappa shape index (κ2) is 6.48. The van der Waals surface area contributed by atoms with Crippen molar-refractivity contribution < 1.29 is 4.79 Å². The number of hydrogen-bond acceptors (Lipinski definition) is 5. The van der Waals surface area contributed by atoms with Gasteiger partial charge in [-0.25, -0.2) is 9.97 Å². The van der Waals surface area contributed by atoms with Crippen molar-refractivity contribution in [3.8, 4) is 6.07 Å². The van der Waals surface area contributed by atoms with Gasteiger partial charge < -0.3 is 14.8 Å². The fourth-order valence-electron chi connectivity index (χ4n) is 3.25. The van der Waals surface area contributed by atoms with Crippen LogP contribution in [0.5, 0.6) is 0 Å². The SMILES string of the molecule is Cn1cc(C#N)cc1C(=O)Nc1nc2ccccc2nc1N1CCCC1. The highest BCUT2D eigenvalue weighted by molar-refractivity contribution is 6.04. The van der Waals surface area contributed by atoms with E-state index in [-0.39, 0.29) is 5.91 Å². The largest absolute Gasteiger partial charge is 0.354 e. The molecule has 7 heteroatoms. The molecule has 0 atom stereocenters. The van der Waals surface area contributed by atoms with Crippen molar-refractivity contribution in [1.29, 1.82) is 5.26 Å². The first kappa shape index (κ1) is 16.1. The molecule has 1 fully saturated rings. The third-order valence-corrected chi connectivity index (χ3v) is 4.56. The minimum Gasteiger partial charge on any atom is -0.354 e. The zero-order chi connectivity index (χ0) is 18.1. The Balaban J connectivity index is 1.74. The van der Waals surface area contributed by atoms with Crippen molar-refractivity contribution in [3.05, 3.63) is 47.8 Å². The summed E-state index contributed by atoms with van der Waals surface area (Å²) >= 11 is 0. The van der Waals surface area contributed by atoms with Crippen molar-refractivity contribution in [2.75, 3.05) is 23.3 Å². The maximum Gasteiger partial charge on any atom is 0.273 e. The van der Waals surface area contributed by atoms with E-state index >= 15 is 0 Å². The number of nitrogens with zero attached hydrogens (tertiary/aromatic N) is 5. The lowest BCUT2D eigenvalue weighted by Gasteiger charge is -2.20. The van der Waals surface area contributed by atoms with E-state index < -0.39 is 0 Å². The highest BCUT2D eigenvalue weighted by Crippen LogP contribution is 2.28. The average Bonchev–Trinajstić information content (AvgIpc) is 3.30. The summed E-state index contributed by atoms with van der Waals surface area (Å²) in [5.41, 5.74) is 2.39. The summed E-state index contributed by atoms with van der Waals surface area (Å²) < 4.78 is 1.64. The standard InChI is InChI=1S/C19H18N6O/c1-24-12-13(11-20)10-16(24)19(26)23-17-18(25-8-4-5-9-25)22-15-7-3-2-6-14(15)21-17/h2-3,6-7,10,12H,4-5,8-9H2,1H3,(H,21,23,26). The van der Waals surface area contributed by atoms with E-state index in [4.69, 9.17) is 10.2 Å². The van der Waals surface area contributed by atoms with Gasteiger partial charge in [0, 0.05) is 26.3 Å². The summed E-state index contributed by atoms with van der Waals surface area (Å²) in [5.74, 6) is 0.846. The van der Waals surface area contributed by atoms with E-state index in [1.54, 1.807) is 23.9 Å². The Kier molecular flexibility index (Phi) is 4.01. The van der Waals surface area contributed by atoms with Crippen LogP contribution in [0.1, 0.15) is 28.9 Å². The molecule has 0 unspecified atom stereocenters. The normalized spacial score (nSPS) is 13.8. The summed E-state index contributed by atoms with van der Waals surface area (Å²) in [5, 5.41) is 11.9. The highest BCUT2D eigenvalue weighted by Gasteiger charge is 2.22. The molecular weight excluding hydrogens is 328 g/mol. The maximum absolute atomic E-state index is 12.7. The maximum atomic E-state index is 12.7. The number of nitriles is 1. The van der Waals surface area contributed by atoms with Crippen molar-refractivity contribution in [2.24, 2.45) is 7.05 Å². The van der Waals surface area contributed by atoms with Gasteiger partial charge in [-0.3, -0.25) is 4.79 Å². The zero-order valence-corrected chi connectivity index (χ0v) is 14.4. The van der Waals surface area contributed by atoms with Gasteiger partial charge in [0.2, 0.25) is 0 Å². The monoisotopic (exact) mass is 346 g/mol. The lowest BCUT2D eigenvalue weighted by atomic mass is 10.3. The number of aryl methyl sites for hydroxylation is 1. The molecule has 0 radical (unpaired) electrons. The van der Waals surface area contributed by atoms with Crippen LogP contribution in [0.15, 0.2) is 36.5 Å². The summed E-state index contributed by atoms with van der Waals surface area (Å²) in [7, 11) is 1.74. The van der Waals surface area contributed by atoms with Crippen LogP contribution in [-0.4, -0.2) is 33.5 Å². The van der Waals surface area contributed by atoms with E-state index in [1.165, 1.54) is 0 Å². The Morgan fingerprint density at radius 3 is 2.54 bits per heavy atom. The van der Waals surface area contributed by atoms with Gasteiger partial charge in [0.15, 0.2) is 11.6 Å². The number of para-hydroxylation sites is 2. The van der Waals surface area contributed by atoms with Gasteiger partial charge in [-0.15, -0.1) is 0 Å². The fourth-order valence-corrected chi connectivity index (χ4v) is 3.25. The minimum atomic E-state index is -0.306. The van der Waals surface area contributed by atoms with Crippen LogP contribution < -0.4 is 10.2 Å². The predicted octanol–water partition coefficient (Wildman–Crippen LogP) is 2.69. The first-order chi connectivity index (χ1) is 12.7. The Hall–Kier alpha value is -3.40. The van der Waals surface area contributed by atoms with Crippen LogP contribution >= 0.6 is 0 Å². The van der Waals surface area contributed by atoms with Crippen LogP contribution in [0.3, 0.4) is 0 Å². The third-order valence-electron chi connectivity index (χ3n) is 4.56. The van der Waals surface area contributed by atoms with Crippen LogP contribution in [0.25, 0.3) is 11.0 Å². The van der Waals surface area contributed by atoms with Gasteiger partial charge in [0.25, 0.3) is 5.91 Å². The van der Waals surface area contributed by atoms with E-state index in [9.17, 15) is 4.79 Å². The number of carbonyl (C=O) groups is 1. The molecule has 1 aliphatic heterocycles. The molecule has 4 rings (SSSR count). The molecule has 1 aromatic carbocycles. The minimum absolute atomic E-state index is 0.306. The molecule has 26 heavy (non-hydrogen) atoms. The molecule has 2 aromatic heterocycles. The van der Waals surface area contributed by atoms with Gasteiger partial charge in [0.05, 0.1) is 16.6 Å². The number of hydrogen-bond donors (Lipinski definition) is 1. The molecule has 0 aliphatic carbocycles. The Labute approximate surface area is 150 Å². The topological polar surface area (TPSA) is 86.8 Å². The molecule has 0 bridgehead atoms. The average molecular weight is 346 g/mol. The predicted molar refractivity (Wildman–Crippen MR) is 99.1 cm³/mol. The van der Waals surface area contributed by atoms with E-state index in [0.717, 1.165) is 37.0 Å². The van der Waals surface area contributed by atoms with Crippen LogP contribution in [0.2, 0.25) is 0 Å². The first-order valence-electron chi connectivity index (χ1n) is 8.55. The van der Waals surface area contributed by atoms with Crippen molar-refractivity contribution in [3.63, 3.8) is 0 Å². The number of rotatable bonds is 3. The van der Waals surface area contributed by atoms with Crippen molar-refractivity contribution in [1.82, 2.24) is 14.5 Å². The molecule has 130 valence electrons. The van der Waals surface area contributed by atoms with Crippen molar-refractivity contribution >= 4 is 28.6 Å². The molecule has 1 amide bonds. The molecule has 3 aromatic rings. The quantitative estimate of drug-likeness (QED) is 0.788. The lowest BCUT2D eigenvalue weighted by Crippen LogP contribution is -2.24. The molecular formula is C19H18N6O. The highest BCUT2D eigenvalue weighted by atomic mass is 16.2. The van der Waals surface area contributed by atoms with Gasteiger partial charge in [-0.2, -0.15) is 5.26 Å². The number of nitrogens with one attached hydrogen (secondary N) is 1. The number of fused-ring (bicyclic) bond motifs is 1. The third kappa shape index (κ3) is 2.86. The second-order valence-electron chi connectivity index (χ2n) is 6.37. The van der Waals surface area contributed by atoms with E-state index in [2.05, 4.69) is 21.3 Å². The number of amides is 1. The molecule has 1 aliphatic rings. The van der Waals surface area contributed by atoms with Gasteiger partial charge in [-0.1, -0.05) is 12.1 Å². The second-order valence-corrected chi connectivity index (χ2v) is 6.37. The Morgan fingerprint density at radius 2 is 1.88 bits per heavy atom. The summed E-state index contributed by atoms with van der Waals surface area (Å²) in [6.45, 7) is 1.80. The number of benzene rings is 1. The summed E-state index contributed by atoms with van der Waals surface area (Å²) in [6.07, 6.45) is 3.83. The van der Waals surface area contributed by atoms with Crippen LogP contribution in [-0.2, 0) is 7.05 Å². The van der Waals surface area contributed by atoms with Crippen LogP contribution in [0.4, 0.5) is 11.6 Å². The fraction of sp³-hybridized carbons (Fsp3) is 0.263. The van der Waals surface area contributed by atoms with Gasteiger partial charge in [0.1, 0.15) is 11.8 Å². The molecule has 3 heterocycles. The smallest absolute Gasteiger partial charge is 0.273 e. The molecule has 1 saturated heterocycles. The number of carbonyl (C=O) groups excluding carboxylic acids is 1. The lowest BCUT2D eigenvalue weighted by molar-refractivity contribution is 0.101. The molecule has 1 N–H and O–H groups in total. The molecule has 0 spiro atoms. The Bertz CT molecular complexity index is 1030. The van der Waals surface area contributed by atoms with Crippen molar-refractivity contribution in [2.45, 2.75) is 12.8 Å². The van der Waals surface area contributed by atoms with Gasteiger partial charge >= 0.3 is 0 Å². The number of aromatic nitrogens is 3. The van der Waals surface area contributed by atoms with Crippen LogP contribution in [0, 0.1) is 11.3 Å². The summed E-state index contributed by atoms with van der Waals surface area (Å²) in [6, 6.07) is 11.2.